The molecule has 2 fully saturated rings. The molecule has 0 aliphatic heterocycles. The lowest BCUT2D eigenvalue weighted by molar-refractivity contribution is -0.128. The van der Waals surface area contributed by atoms with Gasteiger partial charge in [-0.15, -0.1) is 0 Å². The topological polar surface area (TPSA) is 133 Å². The molecule has 2 saturated carbocycles. The zero-order valence-electron chi connectivity index (χ0n) is 14.3. The van der Waals surface area contributed by atoms with Crippen LogP contribution in [0.1, 0.15) is 33.1 Å². The first-order chi connectivity index (χ1) is 10.9. The summed E-state index contributed by atoms with van der Waals surface area (Å²) in [4.78, 5) is 11.9. The van der Waals surface area contributed by atoms with E-state index in [2.05, 4.69) is 13.2 Å². The Kier molecular flexibility index (Phi) is 6.51. The van der Waals surface area contributed by atoms with Crippen LogP contribution >= 0.6 is 0 Å². The second-order valence-corrected chi connectivity index (χ2v) is 8.38. The molecule has 2 aliphatic carbocycles. The summed E-state index contributed by atoms with van der Waals surface area (Å²) in [7, 11) is -4.08. The molecule has 2 aliphatic rings. The first kappa shape index (κ1) is 21.0. The Labute approximate surface area is 143 Å². The molecule has 8 heteroatoms. The summed E-state index contributed by atoms with van der Waals surface area (Å²) in [6.45, 7) is 10.7. The highest BCUT2D eigenvalue weighted by atomic mass is 32.2. The maximum atomic E-state index is 11.9. The first-order valence-electron chi connectivity index (χ1n) is 7.80. The molecule has 0 heterocycles. The van der Waals surface area contributed by atoms with E-state index in [0.29, 0.717) is 12.8 Å². The highest BCUT2D eigenvalue weighted by Gasteiger charge is 2.65. The summed E-state index contributed by atoms with van der Waals surface area (Å²) in [6, 6.07) is 0. The molecule has 138 valence electrons. The van der Waals surface area contributed by atoms with Crippen molar-refractivity contribution in [1.29, 1.82) is 0 Å². The minimum Gasteiger partial charge on any atom is -0.338 e. The molecule has 0 aromatic heterocycles. The number of carbonyl (C=O) groups is 1. The fourth-order valence-electron chi connectivity index (χ4n) is 3.71. The lowest BCUT2D eigenvalue weighted by Crippen LogP contribution is -2.42. The smallest absolute Gasteiger partial charge is 0.265 e. The van der Waals surface area contributed by atoms with Crippen LogP contribution in [-0.2, 0) is 19.6 Å². The van der Waals surface area contributed by atoms with Crippen LogP contribution in [0, 0.1) is 16.7 Å². The summed E-state index contributed by atoms with van der Waals surface area (Å²) in [6.07, 6.45) is 3.89. The molecule has 0 aromatic carbocycles. The third-order valence-electron chi connectivity index (χ3n) is 5.35. The second kappa shape index (κ2) is 7.45. The van der Waals surface area contributed by atoms with Gasteiger partial charge in [0.2, 0.25) is 0 Å². The lowest BCUT2D eigenvalue weighted by atomic mass is 9.70. The molecule has 0 aromatic rings. The van der Waals surface area contributed by atoms with Crippen molar-refractivity contribution >= 4 is 15.9 Å². The van der Waals surface area contributed by atoms with Gasteiger partial charge in [-0.25, -0.2) is 0 Å². The van der Waals surface area contributed by atoms with Gasteiger partial charge in [0.25, 0.3) is 10.1 Å². The van der Waals surface area contributed by atoms with Gasteiger partial charge < -0.3 is 16.2 Å². The van der Waals surface area contributed by atoms with E-state index in [1.54, 1.807) is 0 Å². The Morgan fingerprint density at radius 1 is 1.33 bits per heavy atom. The number of hydrogen-bond donors (Lipinski definition) is 3. The maximum absolute atomic E-state index is 11.9. The van der Waals surface area contributed by atoms with E-state index < -0.39 is 33.7 Å². The minimum atomic E-state index is -4.08. The Morgan fingerprint density at radius 2 is 1.83 bits per heavy atom. The van der Waals surface area contributed by atoms with E-state index in [-0.39, 0.29) is 17.1 Å². The first-order valence-corrected chi connectivity index (χ1v) is 9.40. The molecule has 0 saturated heterocycles. The van der Waals surface area contributed by atoms with Crippen LogP contribution in [0.15, 0.2) is 25.3 Å². The van der Waals surface area contributed by atoms with Crippen molar-refractivity contribution < 1.29 is 22.5 Å². The van der Waals surface area contributed by atoms with Crippen LogP contribution in [0.25, 0.3) is 0 Å². The lowest BCUT2D eigenvalue weighted by Gasteiger charge is -2.35. The zero-order chi connectivity index (χ0) is 18.8. The number of carbonyl (C=O) groups excluding carboxylic acids is 1. The van der Waals surface area contributed by atoms with Crippen molar-refractivity contribution in [3.8, 4) is 0 Å². The largest absolute Gasteiger partial charge is 0.338 e. The zero-order valence-corrected chi connectivity index (χ0v) is 15.1. The van der Waals surface area contributed by atoms with Gasteiger partial charge in [-0.2, -0.15) is 8.42 Å². The predicted molar refractivity (Wildman–Crippen MR) is 92.4 cm³/mol. The monoisotopic (exact) mass is 360 g/mol. The Morgan fingerprint density at radius 3 is 2.12 bits per heavy atom. The number of fused-ring (bicyclic) bond motifs is 2. The van der Waals surface area contributed by atoms with Gasteiger partial charge >= 0.3 is 0 Å². The molecular formula is C16H28N2O5S. The van der Waals surface area contributed by atoms with Crippen LogP contribution in [0.3, 0.4) is 0 Å². The molecule has 4 unspecified atom stereocenters. The molecule has 4 atom stereocenters. The quantitative estimate of drug-likeness (QED) is 0.368. The van der Waals surface area contributed by atoms with Gasteiger partial charge in [0, 0.05) is 6.42 Å². The van der Waals surface area contributed by atoms with E-state index in [0.717, 1.165) is 6.42 Å². The third kappa shape index (κ3) is 4.31. The predicted octanol–water partition coefficient (Wildman–Crippen LogP) is 1.21. The highest BCUT2D eigenvalue weighted by Crippen LogP contribution is 2.64. The normalized spacial score (nSPS) is 30.2. The van der Waals surface area contributed by atoms with E-state index in [1.807, 2.05) is 13.8 Å². The highest BCUT2D eigenvalue weighted by molar-refractivity contribution is 7.85. The molecule has 0 amide bonds. The second-order valence-electron chi connectivity index (χ2n) is 6.93. The van der Waals surface area contributed by atoms with Gasteiger partial charge in [0.05, 0.1) is 11.2 Å². The molecule has 5 N–H and O–H groups in total. The van der Waals surface area contributed by atoms with Gasteiger partial charge in [-0.1, -0.05) is 27.0 Å². The average Bonchev–Trinajstić information content (AvgIpc) is 2.80. The number of nitrogens with two attached hydrogens (primary N) is 2. The fraction of sp³-hybridized carbons (Fsp3) is 0.688. The van der Waals surface area contributed by atoms with Crippen LogP contribution in [-0.4, -0.2) is 37.0 Å². The van der Waals surface area contributed by atoms with Crippen LogP contribution in [0.4, 0.5) is 0 Å². The van der Waals surface area contributed by atoms with Crippen molar-refractivity contribution in [3.05, 3.63) is 25.3 Å². The van der Waals surface area contributed by atoms with Gasteiger partial charge in [-0.3, -0.25) is 9.35 Å². The fourth-order valence-corrected chi connectivity index (χ4v) is 5.01. The average molecular weight is 360 g/mol. The number of ketones is 1. The SMILES string of the molecule is C=CC(N)OC(N)C=C.CC1(C)C2CCC1(CS(=O)(=O)O)C(=O)C2. The Bertz CT molecular complexity index is 590. The molecule has 24 heavy (non-hydrogen) atoms. The van der Waals surface area contributed by atoms with E-state index >= 15 is 0 Å². The van der Waals surface area contributed by atoms with Crippen molar-refractivity contribution in [2.75, 3.05) is 5.75 Å². The Hall–Kier alpha value is -1.06. The van der Waals surface area contributed by atoms with E-state index in [4.69, 9.17) is 20.8 Å². The van der Waals surface area contributed by atoms with Crippen molar-refractivity contribution in [3.63, 3.8) is 0 Å². The number of rotatable bonds is 6. The van der Waals surface area contributed by atoms with E-state index in [9.17, 15) is 13.2 Å². The van der Waals surface area contributed by atoms with Crippen molar-refractivity contribution in [2.45, 2.75) is 45.6 Å². The number of ether oxygens (including phenoxy) is 1. The number of Topliss-reactive ketones (excluding diaryl/α,β-unsaturated/α-hetero) is 1. The summed E-state index contributed by atoms with van der Waals surface area (Å²) in [5, 5.41) is 0. The third-order valence-corrected chi connectivity index (χ3v) is 6.20. The summed E-state index contributed by atoms with van der Waals surface area (Å²) >= 11 is 0. The van der Waals surface area contributed by atoms with Crippen molar-refractivity contribution in [2.24, 2.45) is 28.2 Å². The maximum Gasteiger partial charge on any atom is 0.265 e. The number of hydrogen-bond acceptors (Lipinski definition) is 6. The molecular weight excluding hydrogens is 332 g/mol. The summed E-state index contributed by atoms with van der Waals surface area (Å²) < 4.78 is 35.8. The minimum absolute atomic E-state index is 0.0152. The van der Waals surface area contributed by atoms with Gasteiger partial charge in [0.1, 0.15) is 18.2 Å². The molecule has 2 rings (SSSR count). The summed E-state index contributed by atoms with van der Waals surface area (Å²) in [5.41, 5.74) is 9.44. The van der Waals surface area contributed by atoms with Crippen molar-refractivity contribution in [1.82, 2.24) is 0 Å². The standard InChI is InChI=1S/C10H16O4S.C6H12N2O/c1-9(2)7-3-4-10(9,8(11)5-7)6-15(12,13)14;1-3-5(7)9-6(8)4-2/h7H,3-6H2,1-2H3,(H,12,13,14);3-6H,1-2,7-8H2. The molecule has 7 nitrogen and oxygen atoms in total. The van der Waals surface area contributed by atoms with Crippen LogP contribution in [0.5, 0.6) is 0 Å². The van der Waals surface area contributed by atoms with Crippen LogP contribution < -0.4 is 11.5 Å². The van der Waals surface area contributed by atoms with Crippen LogP contribution in [0.2, 0.25) is 0 Å². The Balaban J connectivity index is 0.000000277. The van der Waals surface area contributed by atoms with Gasteiger partial charge in [-0.05, 0) is 36.3 Å². The van der Waals surface area contributed by atoms with E-state index in [1.165, 1.54) is 12.2 Å². The van der Waals surface area contributed by atoms with Gasteiger partial charge in [0.15, 0.2) is 0 Å². The summed E-state index contributed by atoms with van der Waals surface area (Å²) in [5.74, 6) is -0.101. The molecule has 0 spiro atoms. The molecule has 0 radical (unpaired) electrons. The molecule has 2 bridgehead atoms.